The van der Waals surface area contributed by atoms with Crippen LogP contribution < -0.4 is 15.6 Å². The van der Waals surface area contributed by atoms with E-state index in [9.17, 15) is 19.5 Å². The van der Waals surface area contributed by atoms with Crippen molar-refractivity contribution in [3.63, 3.8) is 0 Å². The Bertz CT molecular complexity index is 1180. The van der Waals surface area contributed by atoms with E-state index in [2.05, 4.69) is 10.8 Å². The Morgan fingerprint density at radius 1 is 0.943 bits per heavy atom. The number of hydrogen-bond donors (Lipinski definition) is 3. The minimum Gasteiger partial charge on any atom is -0.406 e. The van der Waals surface area contributed by atoms with Crippen LogP contribution in [0.2, 0.25) is 0 Å². The summed E-state index contributed by atoms with van der Waals surface area (Å²) in [5, 5.41) is 13.0. The first kappa shape index (κ1) is 22.1. The monoisotopic (exact) mass is 476 g/mol. The predicted molar refractivity (Wildman–Crippen MR) is 126 cm³/mol. The maximum absolute atomic E-state index is 13.0. The molecule has 2 heterocycles. The van der Waals surface area contributed by atoms with E-state index in [0.29, 0.717) is 50.3 Å². The minimum atomic E-state index is -1.16. The summed E-state index contributed by atoms with van der Waals surface area (Å²) in [6.07, 6.45) is 2.60. The molecule has 4 aliphatic rings. The summed E-state index contributed by atoms with van der Waals surface area (Å²) in [5.41, 5.74) is 5.10. The summed E-state index contributed by atoms with van der Waals surface area (Å²) < 4.78 is 0. The zero-order valence-electron chi connectivity index (χ0n) is 19.3. The predicted octanol–water partition coefficient (Wildman–Crippen LogP) is 1.58. The molecule has 2 aromatic rings. The Hall–Kier alpha value is -3.43. The second kappa shape index (κ2) is 8.35. The van der Waals surface area contributed by atoms with Crippen molar-refractivity contribution in [2.24, 2.45) is 5.92 Å². The number of carbonyl (C=O) groups excluding carboxylic acids is 3. The van der Waals surface area contributed by atoms with Crippen LogP contribution in [0.3, 0.4) is 0 Å². The number of fused-ring (bicyclic) bond motifs is 1. The smallest absolute Gasteiger partial charge is 0.254 e. The summed E-state index contributed by atoms with van der Waals surface area (Å²) in [6.45, 7) is 1.79. The lowest BCUT2D eigenvalue weighted by Gasteiger charge is -2.35. The average molecular weight is 477 g/mol. The van der Waals surface area contributed by atoms with Crippen LogP contribution in [0.15, 0.2) is 42.5 Å². The van der Waals surface area contributed by atoms with E-state index in [1.165, 1.54) is 0 Å². The van der Waals surface area contributed by atoms with Crippen LogP contribution in [-0.4, -0.2) is 64.4 Å². The van der Waals surface area contributed by atoms with E-state index in [4.69, 9.17) is 4.84 Å². The molecule has 6 rings (SSSR count). The van der Waals surface area contributed by atoms with Gasteiger partial charge >= 0.3 is 0 Å². The topological polar surface area (TPSA) is 111 Å². The molecule has 3 fully saturated rings. The third-order valence-electron chi connectivity index (χ3n) is 7.29. The molecular formula is C26H28N4O5. The lowest BCUT2D eigenvalue weighted by molar-refractivity contribution is -0.143. The second-order valence-electron chi connectivity index (χ2n) is 9.88. The van der Waals surface area contributed by atoms with Crippen molar-refractivity contribution in [2.45, 2.75) is 37.5 Å². The summed E-state index contributed by atoms with van der Waals surface area (Å²) in [4.78, 5) is 46.4. The van der Waals surface area contributed by atoms with Crippen LogP contribution in [0.25, 0.3) is 11.1 Å². The molecule has 2 aromatic carbocycles. The van der Waals surface area contributed by atoms with Crippen LogP contribution in [-0.2, 0) is 9.59 Å². The van der Waals surface area contributed by atoms with E-state index in [1.54, 1.807) is 9.80 Å². The first-order valence-corrected chi connectivity index (χ1v) is 12.2. The van der Waals surface area contributed by atoms with E-state index in [1.807, 2.05) is 42.5 Å². The van der Waals surface area contributed by atoms with Crippen molar-refractivity contribution >= 4 is 17.7 Å². The molecule has 3 N–H and O–H groups in total. The van der Waals surface area contributed by atoms with Gasteiger partial charge in [0.05, 0.1) is 0 Å². The average Bonchev–Trinajstić information content (AvgIpc) is 3.83. The van der Waals surface area contributed by atoms with Crippen LogP contribution in [0.5, 0.6) is 5.75 Å². The molecule has 182 valence electrons. The Labute approximate surface area is 203 Å². The highest BCUT2D eigenvalue weighted by Crippen LogP contribution is 2.37. The molecule has 2 aliphatic carbocycles. The molecule has 9 heteroatoms. The number of carbonyl (C=O) groups is 3. The Morgan fingerprint density at radius 3 is 2.26 bits per heavy atom. The van der Waals surface area contributed by atoms with E-state index in [0.717, 1.165) is 29.5 Å². The summed E-state index contributed by atoms with van der Waals surface area (Å²) in [7, 11) is 0. The third kappa shape index (κ3) is 4.26. The van der Waals surface area contributed by atoms with Crippen LogP contribution in [0, 0.1) is 5.92 Å². The first-order valence-electron chi connectivity index (χ1n) is 12.2. The summed E-state index contributed by atoms with van der Waals surface area (Å²) >= 11 is 0. The standard InChI is InChI=1S/C26H28N4O5/c31-23(17-3-4-17)27-22-20-8-7-19(15-21(20)35-28-22)16-1-5-18(6-2-16)24(32)29-11-13-30(14-12-29)25(33)26(34)9-10-26/h1-2,5-8,15,17,22,28,34H,3-4,9-14H2,(H,27,31). The van der Waals surface area contributed by atoms with E-state index < -0.39 is 5.60 Å². The number of nitrogens with zero attached hydrogens (tertiary/aromatic N) is 2. The van der Waals surface area contributed by atoms with Gasteiger partial charge in [-0.25, -0.2) is 0 Å². The normalized spacial score (nSPS) is 22.3. The number of hydroxylamine groups is 1. The SMILES string of the molecule is O=C(NC1NOc2cc(-c3ccc(C(=O)N4CCN(C(=O)C5(O)CC5)CC4)cc3)ccc21)C1CC1. The van der Waals surface area contributed by atoms with Crippen LogP contribution >= 0.6 is 0 Å². The second-order valence-corrected chi connectivity index (χ2v) is 9.88. The zero-order valence-corrected chi connectivity index (χ0v) is 19.3. The van der Waals surface area contributed by atoms with Gasteiger partial charge < -0.3 is 25.1 Å². The zero-order chi connectivity index (χ0) is 24.2. The van der Waals surface area contributed by atoms with Crippen molar-refractivity contribution in [1.82, 2.24) is 20.6 Å². The van der Waals surface area contributed by atoms with E-state index in [-0.39, 0.29) is 29.8 Å². The fourth-order valence-electron chi connectivity index (χ4n) is 4.67. The molecule has 1 saturated heterocycles. The largest absolute Gasteiger partial charge is 0.406 e. The molecular weight excluding hydrogens is 448 g/mol. The number of rotatable bonds is 5. The summed E-state index contributed by atoms with van der Waals surface area (Å²) in [5.74, 6) is 0.579. The Morgan fingerprint density at radius 2 is 1.60 bits per heavy atom. The molecule has 0 spiro atoms. The van der Waals surface area contributed by atoms with Crippen molar-refractivity contribution in [1.29, 1.82) is 0 Å². The Balaban J connectivity index is 1.08. The molecule has 1 unspecified atom stereocenters. The highest BCUT2D eigenvalue weighted by atomic mass is 16.7. The lowest BCUT2D eigenvalue weighted by atomic mass is 10.0. The minimum absolute atomic E-state index is 0.0523. The van der Waals surface area contributed by atoms with Crippen molar-refractivity contribution < 1.29 is 24.3 Å². The van der Waals surface area contributed by atoms with Gasteiger partial charge in [0, 0.05) is 43.2 Å². The Kier molecular flexibility index (Phi) is 5.26. The molecule has 35 heavy (non-hydrogen) atoms. The number of hydrogen-bond acceptors (Lipinski definition) is 6. The number of piperazine rings is 1. The fourth-order valence-corrected chi connectivity index (χ4v) is 4.67. The van der Waals surface area contributed by atoms with Gasteiger partial charge in [0.1, 0.15) is 11.8 Å². The quantitative estimate of drug-likeness (QED) is 0.604. The van der Waals surface area contributed by atoms with Gasteiger partial charge in [0.25, 0.3) is 11.8 Å². The highest BCUT2D eigenvalue weighted by molar-refractivity contribution is 5.95. The number of nitrogens with one attached hydrogen (secondary N) is 2. The van der Waals surface area contributed by atoms with E-state index >= 15 is 0 Å². The van der Waals surface area contributed by atoms with Gasteiger partial charge in [0.2, 0.25) is 5.91 Å². The first-order chi connectivity index (χ1) is 16.9. The number of amides is 3. The van der Waals surface area contributed by atoms with Gasteiger partial charge in [-0.2, -0.15) is 0 Å². The molecule has 0 aromatic heterocycles. The van der Waals surface area contributed by atoms with Gasteiger partial charge in [-0.1, -0.05) is 24.3 Å². The van der Waals surface area contributed by atoms with Gasteiger partial charge in [0.15, 0.2) is 5.75 Å². The number of benzene rings is 2. The lowest BCUT2D eigenvalue weighted by Crippen LogP contribution is -2.53. The molecule has 0 bridgehead atoms. The van der Waals surface area contributed by atoms with Gasteiger partial charge in [-0.3, -0.25) is 14.4 Å². The van der Waals surface area contributed by atoms with Gasteiger partial charge in [-0.05, 0) is 55.0 Å². The summed E-state index contributed by atoms with van der Waals surface area (Å²) in [6, 6.07) is 13.3. The van der Waals surface area contributed by atoms with Gasteiger partial charge in [-0.15, -0.1) is 5.48 Å². The van der Waals surface area contributed by atoms with Crippen molar-refractivity contribution in [3.8, 4) is 16.9 Å². The third-order valence-corrected chi connectivity index (χ3v) is 7.29. The highest BCUT2D eigenvalue weighted by Gasteiger charge is 2.50. The number of aliphatic hydroxyl groups is 1. The molecule has 2 saturated carbocycles. The van der Waals surface area contributed by atoms with Crippen molar-refractivity contribution in [3.05, 3.63) is 53.6 Å². The molecule has 0 radical (unpaired) electrons. The fraction of sp³-hybridized carbons (Fsp3) is 0.423. The maximum Gasteiger partial charge on any atom is 0.254 e. The molecule has 1 atom stereocenters. The van der Waals surface area contributed by atoms with Crippen molar-refractivity contribution in [2.75, 3.05) is 26.2 Å². The van der Waals surface area contributed by atoms with Crippen LogP contribution in [0.4, 0.5) is 0 Å². The maximum atomic E-state index is 13.0. The molecule has 9 nitrogen and oxygen atoms in total. The van der Waals surface area contributed by atoms with Crippen LogP contribution in [0.1, 0.15) is 47.8 Å². The molecule has 2 aliphatic heterocycles. The molecule has 3 amide bonds.